The summed E-state index contributed by atoms with van der Waals surface area (Å²) in [5, 5.41) is 11.1. The minimum atomic E-state index is -0.413. The average Bonchev–Trinajstić information content (AvgIpc) is 2.39. The van der Waals surface area contributed by atoms with Gasteiger partial charge >= 0.3 is 0 Å². The Morgan fingerprint density at radius 2 is 1.80 bits per heavy atom. The lowest BCUT2D eigenvalue weighted by atomic mass is 9.74. The number of aliphatic hydroxyl groups is 1. The van der Waals surface area contributed by atoms with E-state index >= 15 is 0 Å². The smallest absolute Gasteiger partial charge is 0.0975 e. The van der Waals surface area contributed by atoms with E-state index < -0.39 is 6.10 Å². The molecule has 1 unspecified atom stereocenters. The van der Waals surface area contributed by atoms with E-state index in [4.69, 9.17) is 0 Å². The number of hydrogen-bond acceptors (Lipinski definition) is 2. The molecule has 1 aliphatic carbocycles. The molecule has 1 saturated carbocycles. The van der Waals surface area contributed by atoms with Crippen LogP contribution in [-0.4, -0.2) is 29.6 Å². The fraction of sp³-hybridized carbons (Fsp3) is 0.667. The Morgan fingerprint density at radius 1 is 1.20 bits per heavy atom. The van der Waals surface area contributed by atoms with Gasteiger partial charge in [0.1, 0.15) is 0 Å². The maximum absolute atomic E-state index is 11.1. The quantitative estimate of drug-likeness (QED) is 0.844. The van der Waals surface area contributed by atoms with Crippen LogP contribution in [0.15, 0.2) is 24.3 Å². The number of hydrogen-bond donors (Lipinski definition) is 1. The Kier molecular flexibility index (Phi) is 4.87. The first-order valence-corrected chi connectivity index (χ1v) is 8.01. The van der Waals surface area contributed by atoms with Gasteiger partial charge in [-0.3, -0.25) is 0 Å². The zero-order valence-electron chi connectivity index (χ0n) is 13.4. The Labute approximate surface area is 123 Å². The maximum atomic E-state index is 11.1. The zero-order valence-corrected chi connectivity index (χ0v) is 13.4. The summed E-state index contributed by atoms with van der Waals surface area (Å²) < 4.78 is 0. The topological polar surface area (TPSA) is 23.5 Å². The fourth-order valence-electron chi connectivity index (χ4n) is 3.65. The SMILES string of the molecule is CCC(CC)(C(O)c1ccccc1C1CCC1)N(C)C. The van der Waals surface area contributed by atoms with Crippen molar-refractivity contribution in [1.82, 2.24) is 4.90 Å². The molecule has 0 heterocycles. The molecule has 0 aliphatic heterocycles. The van der Waals surface area contributed by atoms with E-state index in [1.165, 1.54) is 24.8 Å². The fourth-order valence-corrected chi connectivity index (χ4v) is 3.65. The number of nitrogens with zero attached hydrogens (tertiary/aromatic N) is 1. The van der Waals surface area contributed by atoms with E-state index in [2.05, 4.69) is 57.1 Å². The molecular formula is C18H29NO. The van der Waals surface area contributed by atoms with E-state index in [1.807, 2.05) is 0 Å². The van der Waals surface area contributed by atoms with E-state index in [1.54, 1.807) is 0 Å². The van der Waals surface area contributed by atoms with Gasteiger partial charge in [0.2, 0.25) is 0 Å². The minimum Gasteiger partial charge on any atom is -0.386 e. The highest BCUT2D eigenvalue weighted by Crippen LogP contribution is 2.43. The highest BCUT2D eigenvalue weighted by Gasteiger charge is 2.39. The summed E-state index contributed by atoms with van der Waals surface area (Å²) in [7, 11) is 4.17. The van der Waals surface area contributed by atoms with Crippen LogP contribution in [0.4, 0.5) is 0 Å². The summed E-state index contributed by atoms with van der Waals surface area (Å²) in [5.74, 6) is 0.662. The van der Waals surface area contributed by atoms with Crippen LogP contribution in [0.2, 0.25) is 0 Å². The Bertz CT molecular complexity index is 433. The van der Waals surface area contributed by atoms with Gasteiger partial charge in [-0.05, 0) is 56.8 Å². The summed E-state index contributed by atoms with van der Waals surface area (Å²) in [5.41, 5.74) is 2.36. The highest BCUT2D eigenvalue weighted by atomic mass is 16.3. The molecule has 1 atom stereocenters. The van der Waals surface area contributed by atoms with Crippen molar-refractivity contribution < 1.29 is 5.11 Å². The molecule has 0 spiro atoms. The summed E-state index contributed by atoms with van der Waals surface area (Å²) in [4.78, 5) is 2.20. The van der Waals surface area contributed by atoms with Gasteiger partial charge < -0.3 is 10.0 Å². The van der Waals surface area contributed by atoms with Crippen LogP contribution in [-0.2, 0) is 0 Å². The van der Waals surface area contributed by atoms with Crippen molar-refractivity contribution in [3.63, 3.8) is 0 Å². The van der Waals surface area contributed by atoms with Gasteiger partial charge in [0.15, 0.2) is 0 Å². The largest absolute Gasteiger partial charge is 0.386 e. The first-order valence-electron chi connectivity index (χ1n) is 8.01. The van der Waals surface area contributed by atoms with Gasteiger partial charge in [-0.1, -0.05) is 44.5 Å². The summed E-state index contributed by atoms with van der Waals surface area (Å²) in [6, 6.07) is 8.52. The van der Waals surface area contributed by atoms with Crippen molar-refractivity contribution in [3.8, 4) is 0 Å². The van der Waals surface area contributed by atoms with E-state index in [0.29, 0.717) is 5.92 Å². The van der Waals surface area contributed by atoms with E-state index in [-0.39, 0.29) is 5.54 Å². The predicted molar refractivity (Wildman–Crippen MR) is 85.0 cm³/mol. The number of aliphatic hydroxyl groups excluding tert-OH is 1. The second kappa shape index (κ2) is 6.28. The number of benzene rings is 1. The van der Waals surface area contributed by atoms with Crippen LogP contribution in [0.5, 0.6) is 0 Å². The van der Waals surface area contributed by atoms with Crippen molar-refractivity contribution in [2.24, 2.45) is 0 Å². The Balaban J connectivity index is 2.38. The van der Waals surface area contributed by atoms with Crippen molar-refractivity contribution in [2.45, 2.75) is 63.5 Å². The first-order chi connectivity index (χ1) is 9.56. The molecular weight excluding hydrogens is 246 g/mol. The molecule has 2 nitrogen and oxygen atoms in total. The summed E-state index contributed by atoms with van der Waals surface area (Å²) in [6.07, 6.45) is 5.38. The second-order valence-electron chi connectivity index (χ2n) is 6.36. The number of rotatable bonds is 6. The van der Waals surface area contributed by atoms with Crippen LogP contribution < -0.4 is 0 Å². The summed E-state index contributed by atoms with van der Waals surface area (Å²) >= 11 is 0. The van der Waals surface area contributed by atoms with Gasteiger partial charge in [0.05, 0.1) is 6.10 Å². The Hall–Kier alpha value is -0.860. The lowest BCUT2D eigenvalue weighted by molar-refractivity contribution is -0.0157. The third-order valence-corrected chi connectivity index (χ3v) is 5.46. The maximum Gasteiger partial charge on any atom is 0.0975 e. The molecule has 0 saturated heterocycles. The third-order valence-electron chi connectivity index (χ3n) is 5.46. The van der Waals surface area contributed by atoms with Crippen molar-refractivity contribution >= 4 is 0 Å². The van der Waals surface area contributed by atoms with Crippen LogP contribution >= 0.6 is 0 Å². The molecule has 1 fully saturated rings. The first kappa shape index (κ1) is 15.5. The molecule has 112 valence electrons. The Morgan fingerprint density at radius 3 is 2.25 bits per heavy atom. The van der Waals surface area contributed by atoms with Gasteiger partial charge in [-0.2, -0.15) is 0 Å². The van der Waals surface area contributed by atoms with Crippen LogP contribution in [0.1, 0.15) is 69.1 Å². The highest BCUT2D eigenvalue weighted by molar-refractivity contribution is 5.35. The molecule has 0 aromatic heterocycles. The van der Waals surface area contributed by atoms with Crippen molar-refractivity contribution in [2.75, 3.05) is 14.1 Å². The lowest BCUT2D eigenvalue weighted by Crippen LogP contribution is -2.48. The average molecular weight is 275 g/mol. The normalized spacial score (nSPS) is 18.1. The number of likely N-dealkylation sites (N-methyl/N-ethyl adjacent to an activating group) is 1. The zero-order chi connectivity index (χ0) is 14.8. The molecule has 1 aromatic carbocycles. The second-order valence-corrected chi connectivity index (χ2v) is 6.36. The van der Waals surface area contributed by atoms with Gasteiger partial charge in [0, 0.05) is 5.54 Å². The molecule has 1 aromatic rings. The van der Waals surface area contributed by atoms with E-state index in [0.717, 1.165) is 18.4 Å². The molecule has 0 radical (unpaired) electrons. The molecule has 0 amide bonds. The van der Waals surface area contributed by atoms with Crippen LogP contribution in [0, 0.1) is 0 Å². The van der Waals surface area contributed by atoms with Crippen molar-refractivity contribution in [1.29, 1.82) is 0 Å². The van der Waals surface area contributed by atoms with Gasteiger partial charge in [0.25, 0.3) is 0 Å². The molecule has 20 heavy (non-hydrogen) atoms. The standard InChI is InChI=1S/C18H29NO/c1-5-18(6-2,19(3)4)17(20)16-13-8-7-12-15(16)14-10-9-11-14/h7-8,12-14,17,20H,5-6,9-11H2,1-4H3. The third kappa shape index (κ3) is 2.51. The predicted octanol–water partition coefficient (Wildman–Crippen LogP) is 4.11. The van der Waals surface area contributed by atoms with Gasteiger partial charge in [-0.15, -0.1) is 0 Å². The molecule has 1 N–H and O–H groups in total. The molecule has 1 aliphatic rings. The molecule has 2 rings (SSSR count). The monoisotopic (exact) mass is 275 g/mol. The molecule has 2 heteroatoms. The summed E-state index contributed by atoms with van der Waals surface area (Å²) in [6.45, 7) is 4.36. The molecule has 0 bridgehead atoms. The lowest BCUT2D eigenvalue weighted by Gasteiger charge is -2.44. The van der Waals surface area contributed by atoms with Gasteiger partial charge in [-0.25, -0.2) is 0 Å². The van der Waals surface area contributed by atoms with Crippen LogP contribution in [0.3, 0.4) is 0 Å². The van der Waals surface area contributed by atoms with Crippen molar-refractivity contribution in [3.05, 3.63) is 35.4 Å². The van der Waals surface area contributed by atoms with E-state index in [9.17, 15) is 5.11 Å². The minimum absolute atomic E-state index is 0.167. The van der Waals surface area contributed by atoms with Crippen LogP contribution in [0.25, 0.3) is 0 Å².